The van der Waals surface area contributed by atoms with Gasteiger partial charge in [-0.2, -0.15) is 0 Å². The molecule has 3 heterocycles. The van der Waals surface area contributed by atoms with Gasteiger partial charge in [-0.15, -0.1) is 22.7 Å². The van der Waals surface area contributed by atoms with Gasteiger partial charge in [0.15, 0.2) is 0 Å². The molecule has 6 nitrogen and oxygen atoms in total. The quantitative estimate of drug-likeness (QED) is 0.527. The molecule has 0 unspecified atom stereocenters. The molecule has 156 valence electrons. The Morgan fingerprint density at radius 3 is 2.79 bits per heavy atom. The number of anilines is 1. The van der Waals surface area contributed by atoms with Crippen LogP contribution in [0.2, 0.25) is 0 Å². The molecule has 4 rings (SSSR count). The van der Waals surface area contributed by atoms with Crippen LogP contribution in [-0.4, -0.2) is 25.2 Å². The summed E-state index contributed by atoms with van der Waals surface area (Å²) < 4.78 is 6.33. The first-order chi connectivity index (χ1) is 14.1. The van der Waals surface area contributed by atoms with Crippen LogP contribution in [-0.2, 0) is 37.1 Å². The highest BCUT2D eigenvalue weighted by molar-refractivity contribution is 9.11. The maximum Gasteiger partial charge on any atom is 0.341 e. The Kier molecular flexibility index (Phi) is 6.58. The smallest absolute Gasteiger partial charge is 0.341 e. The third-order valence-corrected chi connectivity index (χ3v) is 8.53. The number of carbonyl (C=O) groups excluding carboxylic acids is 2. The number of esters is 1. The first-order valence-electron chi connectivity index (χ1n) is 9.94. The monoisotopic (exact) mass is 497 g/mol. The van der Waals surface area contributed by atoms with Gasteiger partial charge in [-0.25, -0.2) is 9.59 Å². The summed E-state index contributed by atoms with van der Waals surface area (Å²) in [6, 6.07) is -0.296. The van der Waals surface area contributed by atoms with Gasteiger partial charge in [0.05, 0.1) is 16.0 Å². The molecule has 2 aliphatic rings. The summed E-state index contributed by atoms with van der Waals surface area (Å²) in [5, 5.41) is 9.85. The second-order valence-corrected chi connectivity index (χ2v) is 10.7. The van der Waals surface area contributed by atoms with Gasteiger partial charge < -0.3 is 15.4 Å². The molecule has 1 aliphatic carbocycles. The fraction of sp³-hybridized carbons (Fsp3) is 0.500. The lowest BCUT2D eigenvalue weighted by molar-refractivity contribution is 0.0526. The molecule has 0 aromatic carbocycles. The molecule has 0 radical (unpaired) electrons. The minimum absolute atomic E-state index is 0.296. The highest BCUT2D eigenvalue weighted by Crippen LogP contribution is 2.39. The average Bonchev–Trinajstić information content (AvgIpc) is 3.22. The van der Waals surface area contributed by atoms with E-state index in [4.69, 9.17) is 4.74 Å². The van der Waals surface area contributed by atoms with E-state index >= 15 is 0 Å². The molecule has 9 heteroatoms. The van der Waals surface area contributed by atoms with E-state index in [0.717, 1.165) is 60.1 Å². The first kappa shape index (κ1) is 20.8. The minimum Gasteiger partial charge on any atom is -0.462 e. The lowest BCUT2D eigenvalue weighted by Gasteiger charge is -2.15. The molecular formula is C20H24BrN3O3S2. The van der Waals surface area contributed by atoms with E-state index in [0.29, 0.717) is 23.7 Å². The van der Waals surface area contributed by atoms with Gasteiger partial charge in [0.25, 0.3) is 0 Å². The summed E-state index contributed by atoms with van der Waals surface area (Å²) in [5.41, 5.74) is 4.08. The average molecular weight is 498 g/mol. The van der Waals surface area contributed by atoms with E-state index in [-0.39, 0.29) is 12.0 Å². The topological polar surface area (TPSA) is 79.5 Å². The van der Waals surface area contributed by atoms with Crippen molar-refractivity contribution in [3.8, 4) is 0 Å². The van der Waals surface area contributed by atoms with E-state index in [1.807, 2.05) is 0 Å². The van der Waals surface area contributed by atoms with Crippen molar-refractivity contribution in [3.05, 3.63) is 35.8 Å². The molecule has 1 aliphatic heterocycles. The number of hydrogen-bond donors (Lipinski definition) is 3. The maximum atomic E-state index is 12.6. The predicted octanol–water partition coefficient (Wildman–Crippen LogP) is 4.60. The normalized spacial score (nSPS) is 15.4. The molecule has 0 fully saturated rings. The van der Waals surface area contributed by atoms with Gasteiger partial charge in [0.1, 0.15) is 5.00 Å². The number of nitrogens with one attached hydrogen (secondary N) is 3. The number of hydrogen-bond acceptors (Lipinski definition) is 6. The Bertz CT molecular complexity index is 938. The molecule has 0 spiro atoms. The molecule has 2 aromatic heterocycles. The van der Waals surface area contributed by atoms with E-state index < -0.39 is 0 Å². The van der Waals surface area contributed by atoms with Crippen LogP contribution in [0, 0.1) is 0 Å². The fourth-order valence-corrected chi connectivity index (χ4v) is 7.23. The number of ether oxygens (including phenoxy) is 1. The Hall–Kier alpha value is -1.42. The van der Waals surface area contributed by atoms with Crippen LogP contribution in [0.3, 0.4) is 0 Å². The first-order valence-corrected chi connectivity index (χ1v) is 12.4. The Morgan fingerprint density at radius 1 is 1.14 bits per heavy atom. The predicted molar refractivity (Wildman–Crippen MR) is 120 cm³/mol. The number of aryl methyl sites for hydroxylation is 1. The van der Waals surface area contributed by atoms with Gasteiger partial charge in [0.2, 0.25) is 0 Å². The summed E-state index contributed by atoms with van der Waals surface area (Å²) >= 11 is 6.87. The van der Waals surface area contributed by atoms with Crippen LogP contribution in [0.5, 0.6) is 0 Å². The number of fused-ring (bicyclic) bond motifs is 2. The van der Waals surface area contributed by atoms with Crippen LogP contribution in [0.1, 0.15) is 56.6 Å². The number of thiophene rings is 2. The van der Waals surface area contributed by atoms with Gasteiger partial charge in [0, 0.05) is 22.8 Å². The van der Waals surface area contributed by atoms with Crippen molar-refractivity contribution >= 4 is 55.6 Å². The van der Waals surface area contributed by atoms with Crippen LogP contribution in [0.15, 0.2) is 3.79 Å². The molecular weight excluding hydrogens is 474 g/mol. The number of carbonyl (C=O) groups is 2. The van der Waals surface area contributed by atoms with Gasteiger partial charge in [-0.05, 0) is 78.2 Å². The Morgan fingerprint density at radius 2 is 1.97 bits per heavy atom. The lowest BCUT2D eigenvalue weighted by Crippen LogP contribution is -2.29. The SMILES string of the molecule is CCOC(=O)c1c(NC(=O)NCc2c(Br)sc3c2CCNC3)sc2c1CCCC2. The highest BCUT2D eigenvalue weighted by Gasteiger charge is 2.27. The van der Waals surface area contributed by atoms with Crippen molar-refractivity contribution in [1.82, 2.24) is 10.6 Å². The highest BCUT2D eigenvalue weighted by atomic mass is 79.9. The van der Waals surface area contributed by atoms with Gasteiger partial charge in [-0.1, -0.05) is 0 Å². The van der Waals surface area contributed by atoms with E-state index in [2.05, 4.69) is 31.9 Å². The standard InChI is InChI=1S/C20H24BrN3O3S2/c1-2-27-19(25)16-12-5-3-4-6-14(12)29-18(16)24-20(26)23-9-13-11-7-8-22-10-15(11)28-17(13)21/h22H,2-10H2,1H3,(H2,23,24,26). The summed E-state index contributed by atoms with van der Waals surface area (Å²) in [7, 11) is 0. The van der Waals surface area contributed by atoms with Crippen molar-refractivity contribution in [1.29, 1.82) is 0 Å². The summed E-state index contributed by atoms with van der Waals surface area (Å²) in [6.07, 6.45) is 4.98. The van der Waals surface area contributed by atoms with Crippen LogP contribution >= 0.6 is 38.6 Å². The largest absolute Gasteiger partial charge is 0.462 e. The third kappa shape index (κ3) is 4.38. The zero-order valence-electron chi connectivity index (χ0n) is 16.3. The molecule has 3 N–H and O–H groups in total. The van der Waals surface area contributed by atoms with Gasteiger partial charge in [-0.3, -0.25) is 5.32 Å². The maximum absolute atomic E-state index is 12.6. The molecule has 29 heavy (non-hydrogen) atoms. The van der Waals surface area contributed by atoms with Crippen molar-refractivity contribution in [2.45, 2.75) is 52.1 Å². The lowest BCUT2D eigenvalue weighted by atomic mass is 9.95. The molecule has 2 amide bonds. The Labute approximate surface area is 186 Å². The second-order valence-electron chi connectivity index (χ2n) is 7.13. The van der Waals surface area contributed by atoms with Gasteiger partial charge >= 0.3 is 12.0 Å². The molecule has 2 aromatic rings. The summed E-state index contributed by atoms with van der Waals surface area (Å²) in [6.45, 7) is 4.41. The number of amides is 2. The second kappa shape index (κ2) is 9.16. The van der Waals surface area contributed by atoms with Crippen LogP contribution < -0.4 is 16.0 Å². The van der Waals surface area contributed by atoms with E-state index in [1.165, 1.54) is 26.7 Å². The van der Waals surface area contributed by atoms with Crippen molar-refractivity contribution in [3.63, 3.8) is 0 Å². The van der Waals surface area contributed by atoms with Crippen molar-refractivity contribution in [2.75, 3.05) is 18.5 Å². The molecule has 0 bridgehead atoms. The molecule has 0 saturated carbocycles. The van der Waals surface area contributed by atoms with Crippen LogP contribution in [0.25, 0.3) is 0 Å². The molecule has 0 saturated heterocycles. The number of halogens is 1. The van der Waals surface area contributed by atoms with Crippen LogP contribution in [0.4, 0.5) is 9.80 Å². The van der Waals surface area contributed by atoms with Crippen molar-refractivity contribution in [2.24, 2.45) is 0 Å². The van der Waals surface area contributed by atoms with E-state index in [9.17, 15) is 9.59 Å². The number of rotatable bonds is 5. The molecule has 0 atom stereocenters. The zero-order valence-corrected chi connectivity index (χ0v) is 19.5. The third-order valence-electron chi connectivity index (χ3n) is 5.29. The zero-order chi connectivity index (χ0) is 20.4. The van der Waals surface area contributed by atoms with Crippen molar-refractivity contribution < 1.29 is 14.3 Å². The fourth-order valence-electron chi connectivity index (χ4n) is 3.93. The number of urea groups is 1. The summed E-state index contributed by atoms with van der Waals surface area (Å²) in [4.78, 5) is 27.7. The minimum atomic E-state index is -0.343. The van der Waals surface area contributed by atoms with E-state index in [1.54, 1.807) is 18.3 Å². The summed E-state index contributed by atoms with van der Waals surface area (Å²) in [5.74, 6) is -0.343. The Balaban J connectivity index is 1.48.